The number of furan rings is 1. The van der Waals surface area contributed by atoms with Crippen molar-refractivity contribution in [2.75, 3.05) is 11.1 Å². The topological polar surface area (TPSA) is 64.1 Å². The molecule has 1 aromatic carbocycles. The van der Waals surface area contributed by atoms with Crippen LogP contribution in [0.4, 0.5) is 17.3 Å². The molecule has 3 N–H and O–H groups in total. The maximum Gasteiger partial charge on any atom is 0.215 e. The Kier molecular flexibility index (Phi) is 2.83. The van der Waals surface area contributed by atoms with Crippen LogP contribution in [-0.4, -0.2) is 4.98 Å². The summed E-state index contributed by atoms with van der Waals surface area (Å²) in [4.78, 5) is 4.01. The Morgan fingerprint density at radius 1 is 1.28 bits per heavy atom. The third-order valence-electron chi connectivity index (χ3n) is 2.61. The SMILES string of the molecule is Nc1oc2cnccc2c1Nc1cccc(I)c1. The molecule has 5 heteroatoms. The van der Waals surface area contributed by atoms with Crippen LogP contribution >= 0.6 is 22.6 Å². The van der Waals surface area contributed by atoms with Crippen LogP contribution in [-0.2, 0) is 0 Å². The van der Waals surface area contributed by atoms with Gasteiger partial charge in [-0.25, -0.2) is 0 Å². The molecule has 0 bridgehead atoms. The predicted molar refractivity (Wildman–Crippen MR) is 80.9 cm³/mol. The fourth-order valence-electron chi connectivity index (χ4n) is 1.81. The Bertz CT molecular complexity index is 708. The fraction of sp³-hybridized carbons (Fsp3) is 0. The number of benzene rings is 1. The molecule has 18 heavy (non-hydrogen) atoms. The first-order chi connectivity index (χ1) is 8.74. The Balaban J connectivity index is 2.07. The predicted octanol–water partition coefficient (Wildman–Crippen LogP) is 3.76. The van der Waals surface area contributed by atoms with E-state index in [1.54, 1.807) is 12.4 Å². The summed E-state index contributed by atoms with van der Waals surface area (Å²) in [6.07, 6.45) is 3.38. The molecule has 0 aliphatic heterocycles. The number of fused-ring (bicyclic) bond motifs is 1. The fourth-order valence-corrected chi connectivity index (χ4v) is 2.35. The first kappa shape index (κ1) is 11.3. The van der Waals surface area contributed by atoms with Crippen molar-refractivity contribution >= 4 is 50.8 Å². The van der Waals surface area contributed by atoms with Gasteiger partial charge in [0.05, 0.1) is 6.20 Å². The van der Waals surface area contributed by atoms with Crippen LogP contribution in [0.25, 0.3) is 11.0 Å². The maximum absolute atomic E-state index is 5.88. The van der Waals surface area contributed by atoms with E-state index in [1.165, 1.54) is 0 Å². The lowest BCUT2D eigenvalue weighted by Crippen LogP contribution is -1.93. The van der Waals surface area contributed by atoms with Crippen LogP contribution in [0, 0.1) is 3.57 Å². The summed E-state index contributed by atoms with van der Waals surface area (Å²) in [6, 6.07) is 9.93. The molecule has 3 rings (SSSR count). The smallest absolute Gasteiger partial charge is 0.215 e. The van der Waals surface area contributed by atoms with Gasteiger partial charge < -0.3 is 15.5 Å². The van der Waals surface area contributed by atoms with Crippen molar-refractivity contribution in [3.63, 3.8) is 0 Å². The second kappa shape index (κ2) is 4.49. The number of rotatable bonds is 2. The number of nitrogens with zero attached hydrogens (tertiary/aromatic N) is 1. The molecule has 0 aliphatic carbocycles. The number of nitrogens with two attached hydrogens (primary N) is 1. The van der Waals surface area contributed by atoms with Crippen molar-refractivity contribution in [1.82, 2.24) is 4.98 Å². The van der Waals surface area contributed by atoms with Crippen molar-refractivity contribution in [3.05, 3.63) is 46.3 Å². The second-order valence-corrected chi connectivity index (χ2v) is 5.09. The van der Waals surface area contributed by atoms with Crippen molar-refractivity contribution < 1.29 is 4.42 Å². The van der Waals surface area contributed by atoms with E-state index in [9.17, 15) is 0 Å². The van der Waals surface area contributed by atoms with Crippen LogP contribution in [0.2, 0.25) is 0 Å². The average Bonchev–Trinajstić information content (AvgIpc) is 2.66. The lowest BCUT2D eigenvalue weighted by Gasteiger charge is -2.05. The minimum Gasteiger partial charge on any atom is -0.437 e. The first-order valence-corrected chi connectivity index (χ1v) is 6.46. The van der Waals surface area contributed by atoms with Gasteiger partial charge >= 0.3 is 0 Å². The van der Waals surface area contributed by atoms with Crippen LogP contribution in [0.3, 0.4) is 0 Å². The number of pyridine rings is 1. The molecule has 4 nitrogen and oxygen atoms in total. The van der Waals surface area contributed by atoms with Gasteiger partial charge in [-0.3, -0.25) is 4.98 Å². The molecule has 0 unspecified atom stereocenters. The number of anilines is 3. The van der Waals surface area contributed by atoms with Gasteiger partial charge in [-0.15, -0.1) is 0 Å². The highest BCUT2D eigenvalue weighted by atomic mass is 127. The van der Waals surface area contributed by atoms with E-state index in [0.29, 0.717) is 11.5 Å². The highest BCUT2D eigenvalue weighted by Crippen LogP contribution is 2.34. The molecule has 2 heterocycles. The molecule has 0 saturated heterocycles. The van der Waals surface area contributed by atoms with E-state index in [-0.39, 0.29) is 0 Å². The maximum atomic E-state index is 5.88. The molecular formula is C13H10IN3O. The Morgan fingerprint density at radius 3 is 3.00 bits per heavy atom. The summed E-state index contributed by atoms with van der Waals surface area (Å²) < 4.78 is 6.61. The largest absolute Gasteiger partial charge is 0.437 e. The number of nitrogen functional groups attached to an aromatic ring is 1. The van der Waals surface area contributed by atoms with Gasteiger partial charge in [0.2, 0.25) is 5.88 Å². The van der Waals surface area contributed by atoms with Crippen molar-refractivity contribution in [3.8, 4) is 0 Å². The summed E-state index contributed by atoms with van der Waals surface area (Å²) in [6.45, 7) is 0. The zero-order valence-corrected chi connectivity index (χ0v) is 11.5. The van der Waals surface area contributed by atoms with E-state index >= 15 is 0 Å². The average molecular weight is 351 g/mol. The second-order valence-electron chi connectivity index (χ2n) is 3.85. The van der Waals surface area contributed by atoms with E-state index in [4.69, 9.17) is 10.2 Å². The third kappa shape index (κ3) is 2.01. The Hall–Kier alpha value is -1.76. The van der Waals surface area contributed by atoms with Crippen LogP contribution in [0.15, 0.2) is 47.1 Å². The number of aromatic nitrogens is 1. The molecule has 0 saturated carbocycles. The van der Waals surface area contributed by atoms with Crippen LogP contribution in [0.5, 0.6) is 0 Å². The molecule has 0 fully saturated rings. The summed E-state index contributed by atoms with van der Waals surface area (Å²) in [5, 5.41) is 4.22. The van der Waals surface area contributed by atoms with Gasteiger partial charge in [0.25, 0.3) is 0 Å². The normalized spacial score (nSPS) is 10.7. The molecule has 0 amide bonds. The molecular weight excluding hydrogens is 341 g/mol. The molecule has 0 radical (unpaired) electrons. The lowest BCUT2D eigenvalue weighted by atomic mass is 10.2. The van der Waals surface area contributed by atoms with Crippen molar-refractivity contribution in [2.24, 2.45) is 0 Å². The van der Waals surface area contributed by atoms with E-state index < -0.39 is 0 Å². The number of hydrogen-bond donors (Lipinski definition) is 2. The third-order valence-corrected chi connectivity index (χ3v) is 3.29. The van der Waals surface area contributed by atoms with Crippen molar-refractivity contribution in [1.29, 1.82) is 0 Å². The summed E-state index contributed by atoms with van der Waals surface area (Å²) >= 11 is 2.27. The number of hydrogen-bond acceptors (Lipinski definition) is 4. The van der Waals surface area contributed by atoms with E-state index in [1.807, 2.05) is 30.3 Å². The molecule has 90 valence electrons. The number of halogens is 1. The lowest BCUT2D eigenvalue weighted by molar-refractivity contribution is 0.636. The summed E-state index contributed by atoms with van der Waals surface area (Å²) in [5.74, 6) is 0.372. The monoisotopic (exact) mass is 351 g/mol. The first-order valence-electron chi connectivity index (χ1n) is 5.38. The van der Waals surface area contributed by atoms with E-state index in [0.717, 1.165) is 20.3 Å². The van der Waals surface area contributed by atoms with Crippen molar-refractivity contribution in [2.45, 2.75) is 0 Å². The molecule has 3 aromatic rings. The molecule has 0 atom stereocenters. The summed E-state index contributed by atoms with van der Waals surface area (Å²) in [5.41, 5.74) is 8.33. The van der Waals surface area contributed by atoms with Gasteiger partial charge in [0, 0.05) is 20.8 Å². The minimum atomic E-state index is 0.372. The van der Waals surface area contributed by atoms with Crippen LogP contribution < -0.4 is 11.1 Å². The van der Waals surface area contributed by atoms with Gasteiger partial charge in [-0.05, 0) is 46.9 Å². The van der Waals surface area contributed by atoms with Gasteiger partial charge in [0.1, 0.15) is 5.69 Å². The number of nitrogens with one attached hydrogen (secondary N) is 1. The molecule has 2 aromatic heterocycles. The molecule has 0 aliphatic rings. The van der Waals surface area contributed by atoms with Gasteiger partial charge in [0.15, 0.2) is 5.58 Å². The highest BCUT2D eigenvalue weighted by Gasteiger charge is 2.11. The quantitative estimate of drug-likeness (QED) is 0.690. The van der Waals surface area contributed by atoms with Crippen LogP contribution in [0.1, 0.15) is 0 Å². The Labute approximate surface area is 117 Å². The van der Waals surface area contributed by atoms with Gasteiger partial charge in [-0.2, -0.15) is 0 Å². The van der Waals surface area contributed by atoms with E-state index in [2.05, 4.69) is 32.9 Å². The summed E-state index contributed by atoms with van der Waals surface area (Å²) in [7, 11) is 0. The zero-order chi connectivity index (χ0) is 12.5. The Morgan fingerprint density at radius 2 is 2.17 bits per heavy atom. The standard InChI is InChI=1S/C13H10IN3O/c14-8-2-1-3-9(6-8)17-12-10-4-5-16-7-11(10)18-13(12)15/h1-7,17H,15H2. The van der Waals surface area contributed by atoms with Gasteiger partial charge in [-0.1, -0.05) is 6.07 Å². The molecule has 0 spiro atoms. The zero-order valence-electron chi connectivity index (χ0n) is 9.35. The minimum absolute atomic E-state index is 0.372. The highest BCUT2D eigenvalue weighted by molar-refractivity contribution is 14.1.